The van der Waals surface area contributed by atoms with Crippen LogP contribution in [-0.2, 0) is 26.4 Å². The number of carboxylic acid groups (broad SMARTS) is 2. The topological polar surface area (TPSA) is 237 Å². The van der Waals surface area contributed by atoms with Gasteiger partial charge in [0.2, 0.25) is 0 Å². The van der Waals surface area contributed by atoms with Crippen LogP contribution >= 0.6 is 0 Å². The van der Waals surface area contributed by atoms with Gasteiger partial charge in [0, 0.05) is 29.9 Å². The first kappa shape index (κ1) is 27.7. The molecule has 2 atom stereocenters. The van der Waals surface area contributed by atoms with Crippen molar-refractivity contribution in [3.8, 4) is 0 Å². The van der Waals surface area contributed by atoms with Crippen LogP contribution in [0.5, 0.6) is 0 Å². The molecule has 0 bridgehead atoms. The van der Waals surface area contributed by atoms with Gasteiger partial charge in [-0.05, 0) is 25.7 Å². The van der Waals surface area contributed by atoms with Gasteiger partial charge in [-0.25, -0.2) is 9.59 Å². The van der Waals surface area contributed by atoms with Gasteiger partial charge in [0.15, 0.2) is 0 Å². The molecule has 0 aromatic carbocycles. The van der Waals surface area contributed by atoms with Gasteiger partial charge in [-0.2, -0.15) is 0 Å². The van der Waals surface area contributed by atoms with E-state index in [0.717, 1.165) is 0 Å². The molecule has 0 unspecified atom stereocenters. The van der Waals surface area contributed by atoms with Crippen molar-refractivity contribution < 1.29 is 46.2 Å². The Kier molecular flexibility index (Phi) is 18.6. The molecule has 0 saturated carbocycles. The van der Waals surface area contributed by atoms with Crippen molar-refractivity contribution in [1.29, 1.82) is 0 Å². The molecule has 0 rings (SSSR count). The summed E-state index contributed by atoms with van der Waals surface area (Å²) < 4.78 is 0. The second kappa shape index (κ2) is 16.8. The fourth-order valence-corrected chi connectivity index (χ4v) is 1.31. The fourth-order valence-electron chi connectivity index (χ4n) is 1.31. The number of carbonyl (C=O) groups excluding carboxylic acids is 2. The third kappa shape index (κ3) is 21.9. The van der Waals surface area contributed by atoms with Crippen LogP contribution in [0.15, 0.2) is 0 Å². The molecule has 149 valence electrons. The van der Waals surface area contributed by atoms with Crippen LogP contribution in [0.25, 0.3) is 0 Å². The monoisotopic (exact) mass is 409 g/mol. The van der Waals surface area contributed by atoms with Crippen LogP contribution in [0.4, 0.5) is 9.59 Å². The van der Waals surface area contributed by atoms with Crippen LogP contribution < -0.4 is 33.6 Å². The van der Waals surface area contributed by atoms with Gasteiger partial charge in [0.05, 0.1) is 0 Å². The molecule has 13 heteroatoms. The number of nitrogens with two attached hydrogens (primary N) is 4. The van der Waals surface area contributed by atoms with E-state index in [9.17, 15) is 19.2 Å². The molecule has 1 radical (unpaired) electrons. The number of carbonyl (C=O) groups is 4. The van der Waals surface area contributed by atoms with E-state index in [2.05, 4.69) is 10.6 Å². The molecule has 0 aromatic heterocycles. The molecule has 0 heterocycles. The molecule has 0 spiro atoms. The molecule has 25 heavy (non-hydrogen) atoms. The van der Waals surface area contributed by atoms with Gasteiger partial charge in [0.25, 0.3) is 0 Å². The molecule has 0 saturated heterocycles. The second-order valence-electron chi connectivity index (χ2n) is 4.76. The van der Waals surface area contributed by atoms with Gasteiger partial charge in [-0.1, -0.05) is 0 Å². The minimum absolute atomic E-state index is 0. The van der Waals surface area contributed by atoms with Gasteiger partial charge in [0.1, 0.15) is 12.1 Å². The van der Waals surface area contributed by atoms with Crippen molar-refractivity contribution >= 4 is 24.0 Å². The van der Waals surface area contributed by atoms with E-state index in [4.69, 9.17) is 33.1 Å². The van der Waals surface area contributed by atoms with Crippen molar-refractivity contribution in [3.63, 3.8) is 0 Å². The number of hydrogen-bond acceptors (Lipinski definition) is 6. The van der Waals surface area contributed by atoms with E-state index in [-0.39, 0.29) is 16.8 Å². The maximum absolute atomic E-state index is 10.2. The molecule has 0 aliphatic rings. The Bertz CT molecular complexity index is 387. The molecule has 0 aromatic rings. The number of rotatable bonds is 10. The number of nitrogens with one attached hydrogen (secondary N) is 2. The fraction of sp³-hybridized carbons (Fsp3) is 0.667. The van der Waals surface area contributed by atoms with Crippen LogP contribution in [0.1, 0.15) is 25.7 Å². The zero-order valence-corrected chi connectivity index (χ0v) is 14.6. The Hall–Kier alpha value is -2.09. The SMILES string of the molecule is NC(=O)NCCC[C@H](N)C(=O)O.NC(=O)NCCC[C@H](N)C(=O)O.[Co]. The van der Waals surface area contributed by atoms with Crippen LogP contribution in [0, 0.1) is 0 Å². The average molecular weight is 409 g/mol. The van der Waals surface area contributed by atoms with Gasteiger partial charge in [-0.15, -0.1) is 0 Å². The summed E-state index contributed by atoms with van der Waals surface area (Å²) in [7, 11) is 0. The standard InChI is InChI=1S/2C6H13N3O3.Co/c2*7-4(5(10)11)2-1-3-9-6(8)12;/h2*4H,1-3,7H2,(H,10,11)(H3,8,9,12);/t2*4-;/m00./s1. The molecule has 4 amide bonds. The predicted octanol–water partition coefficient (Wildman–Crippen LogP) is -2.31. The number of carboxylic acids is 2. The summed E-state index contributed by atoms with van der Waals surface area (Å²) in [5.41, 5.74) is 19.9. The molecule has 12 nitrogen and oxygen atoms in total. The quantitative estimate of drug-likeness (QED) is 0.182. The number of hydrogen-bond donors (Lipinski definition) is 8. The van der Waals surface area contributed by atoms with E-state index in [1.54, 1.807) is 0 Å². The molecular weight excluding hydrogens is 383 g/mol. The number of primary amides is 2. The summed E-state index contributed by atoms with van der Waals surface area (Å²) in [6.45, 7) is 0.715. The molecule has 0 fully saturated rings. The molecular formula is C12H26CoN6O6. The summed E-state index contributed by atoms with van der Waals surface area (Å²) in [5, 5.41) is 21.4. The van der Waals surface area contributed by atoms with E-state index >= 15 is 0 Å². The minimum Gasteiger partial charge on any atom is -0.480 e. The molecule has 12 N–H and O–H groups in total. The molecule has 0 aliphatic heterocycles. The third-order valence-electron chi connectivity index (χ3n) is 2.62. The van der Waals surface area contributed by atoms with E-state index < -0.39 is 36.1 Å². The largest absolute Gasteiger partial charge is 0.480 e. The summed E-state index contributed by atoms with van der Waals surface area (Å²) in [6.07, 6.45) is 1.68. The number of amides is 4. The van der Waals surface area contributed by atoms with Crippen molar-refractivity contribution in [3.05, 3.63) is 0 Å². The van der Waals surface area contributed by atoms with Crippen molar-refractivity contribution in [1.82, 2.24) is 10.6 Å². The average Bonchev–Trinajstić information content (AvgIpc) is 2.47. The van der Waals surface area contributed by atoms with E-state index in [0.29, 0.717) is 38.8 Å². The van der Waals surface area contributed by atoms with Crippen LogP contribution in [-0.4, -0.2) is 59.4 Å². The van der Waals surface area contributed by atoms with Crippen molar-refractivity contribution in [2.75, 3.05) is 13.1 Å². The normalized spacial score (nSPS) is 11.6. The second-order valence-corrected chi connectivity index (χ2v) is 4.76. The third-order valence-corrected chi connectivity index (χ3v) is 2.62. The number of urea groups is 2. The zero-order chi connectivity index (χ0) is 19.1. The smallest absolute Gasteiger partial charge is 0.320 e. The summed E-state index contributed by atoms with van der Waals surface area (Å²) >= 11 is 0. The first-order valence-corrected chi connectivity index (χ1v) is 7.11. The number of aliphatic carboxylic acids is 2. The summed E-state index contributed by atoms with van der Waals surface area (Å²) in [4.78, 5) is 40.7. The Morgan fingerprint density at radius 1 is 0.760 bits per heavy atom. The van der Waals surface area contributed by atoms with Gasteiger partial charge < -0.3 is 43.8 Å². The maximum atomic E-state index is 10.2. The summed E-state index contributed by atoms with van der Waals surface area (Å²) in [5.74, 6) is -2.07. The van der Waals surface area contributed by atoms with Crippen molar-refractivity contribution in [2.24, 2.45) is 22.9 Å². The Balaban J connectivity index is -0.000000372. The summed E-state index contributed by atoms with van der Waals surface area (Å²) in [6, 6.07) is -2.95. The van der Waals surface area contributed by atoms with E-state index in [1.807, 2.05) is 0 Å². The predicted molar refractivity (Wildman–Crippen MR) is 84.9 cm³/mol. The van der Waals surface area contributed by atoms with Crippen LogP contribution in [0.3, 0.4) is 0 Å². The first-order valence-electron chi connectivity index (χ1n) is 7.11. The Labute approximate surface area is 155 Å². The van der Waals surface area contributed by atoms with Crippen molar-refractivity contribution in [2.45, 2.75) is 37.8 Å². The maximum Gasteiger partial charge on any atom is 0.320 e. The van der Waals surface area contributed by atoms with Gasteiger partial charge in [-0.3, -0.25) is 9.59 Å². The Morgan fingerprint density at radius 3 is 1.24 bits per heavy atom. The van der Waals surface area contributed by atoms with Crippen LogP contribution in [0.2, 0.25) is 0 Å². The van der Waals surface area contributed by atoms with Gasteiger partial charge >= 0.3 is 24.0 Å². The zero-order valence-electron chi connectivity index (χ0n) is 13.6. The Morgan fingerprint density at radius 2 is 1.04 bits per heavy atom. The minimum atomic E-state index is -1.03. The molecule has 0 aliphatic carbocycles. The first-order chi connectivity index (χ1) is 11.1. The van der Waals surface area contributed by atoms with E-state index in [1.165, 1.54) is 0 Å².